The first-order valence-electron chi connectivity index (χ1n) is 9.24. The van der Waals surface area contributed by atoms with Crippen LogP contribution in [0.4, 0.5) is 11.4 Å². The molecule has 0 radical (unpaired) electrons. The number of hydrogen-bond donors (Lipinski definition) is 1. The number of carbonyl (C=O) groups is 1. The molecule has 1 aromatic heterocycles. The summed E-state index contributed by atoms with van der Waals surface area (Å²) >= 11 is 0. The maximum Gasteiger partial charge on any atom is 0.269 e. The fourth-order valence-electron chi connectivity index (χ4n) is 3.26. The number of aryl methyl sites for hydroxylation is 2. The summed E-state index contributed by atoms with van der Waals surface area (Å²) < 4.78 is 1.92. The summed E-state index contributed by atoms with van der Waals surface area (Å²) in [4.78, 5) is 23.0. The van der Waals surface area contributed by atoms with Crippen molar-refractivity contribution in [3.63, 3.8) is 0 Å². The number of nitro groups is 1. The van der Waals surface area contributed by atoms with E-state index in [1.807, 2.05) is 55.7 Å². The predicted molar refractivity (Wildman–Crippen MR) is 115 cm³/mol. The molecule has 0 aliphatic heterocycles. The van der Waals surface area contributed by atoms with E-state index in [1.165, 1.54) is 12.1 Å². The number of nitriles is 1. The summed E-state index contributed by atoms with van der Waals surface area (Å²) in [6.07, 6.45) is 1.55. The van der Waals surface area contributed by atoms with E-state index in [4.69, 9.17) is 0 Å². The zero-order valence-electron chi connectivity index (χ0n) is 16.8. The quantitative estimate of drug-likeness (QED) is 0.286. The summed E-state index contributed by atoms with van der Waals surface area (Å²) in [5, 5.41) is 23.2. The van der Waals surface area contributed by atoms with Crippen molar-refractivity contribution in [1.82, 2.24) is 4.57 Å². The van der Waals surface area contributed by atoms with Crippen LogP contribution in [-0.4, -0.2) is 15.4 Å². The van der Waals surface area contributed by atoms with E-state index >= 15 is 0 Å². The molecule has 3 rings (SSSR count). The Morgan fingerprint density at radius 2 is 1.80 bits per heavy atom. The molecule has 0 spiro atoms. The summed E-state index contributed by atoms with van der Waals surface area (Å²) in [5.74, 6) is -0.480. The van der Waals surface area contributed by atoms with Gasteiger partial charge in [0.1, 0.15) is 11.6 Å². The van der Waals surface area contributed by atoms with E-state index in [1.54, 1.807) is 24.3 Å². The average Bonchev–Trinajstić information content (AvgIpc) is 3.00. The second-order valence-electron chi connectivity index (χ2n) is 6.87. The Hall–Kier alpha value is -4.18. The van der Waals surface area contributed by atoms with Crippen molar-refractivity contribution in [2.75, 3.05) is 5.32 Å². The van der Waals surface area contributed by atoms with E-state index in [2.05, 4.69) is 5.32 Å². The van der Waals surface area contributed by atoms with Crippen molar-refractivity contribution < 1.29 is 9.72 Å². The number of nitrogens with one attached hydrogen (secondary N) is 1. The number of nitro benzene ring substituents is 1. The molecule has 7 heteroatoms. The molecule has 0 unspecified atom stereocenters. The Morgan fingerprint density at radius 3 is 2.40 bits per heavy atom. The third-order valence-corrected chi connectivity index (χ3v) is 4.85. The SMILES string of the molecule is Cc1ccccc1NC(=O)/C(C#N)=C/c1cc(C)n(-c2ccc([N+](=O)[O-])cc2)c1C. The minimum atomic E-state index is -0.480. The molecular formula is C23H20N4O3. The normalized spacial score (nSPS) is 11.1. The highest BCUT2D eigenvalue weighted by atomic mass is 16.6. The monoisotopic (exact) mass is 400 g/mol. The lowest BCUT2D eigenvalue weighted by atomic mass is 10.1. The van der Waals surface area contributed by atoms with Crippen LogP contribution in [0.25, 0.3) is 11.8 Å². The smallest absolute Gasteiger partial charge is 0.269 e. The number of para-hydroxylation sites is 1. The standard InChI is InChI=1S/C23H20N4O3/c1-15-6-4-5-7-22(15)25-23(28)19(14-24)13-18-12-16(2)26(17(18)3)20-8-10-21(11-9-20)27(29)30/h4-13H,1-3H3,(H,25,28)/b19-13+. The van der Waals surface area contributed by atoms with Gasteiger partial charge in [-0.05, 0) is 62.2 Å². The van der Waals surface area contributed by atoms with Crippen LogP contribution >= 0.6 is 0 Å². The van der Waals surface area contributed by atoms with E-state index < -0.39 is 10.8 Å². The average molecular weight is 400 g/mol. The van der Waals surface area contributed by atoms with E-state index in [9.17, 15) is 20.2 Å². The first-order chi connectivity index (χ1) is 14.3. The van der Waals surface area contributed by atoms with Gasteiger partial charge in [0.25, 0.3) is 11.6 Å². The molecule has 0 fully saturated rings. The van der Waals surface area contributed by atoms with E-state index in [-0.39, 0.29) is 11.3 Å². The third kappa shape index (κ3) is 4.13. The van der Waals surface area contributed by atoms with E-state index in [0.29, 0.717) is 5.69 Å². The van der Waals surface area contributed by atoms with Crippen LogP contribution in [0.3, 0.4) is 0 Å². The van der Waals surface area contributed by atoms with Gasteiger partial charge in [-0.15, -0.1) is 0 Å². The molecule has 0 bridgehead atoms. The molecule has 1 amide bonds. The van der Waals surface area contributed by atoms with Crippen LogP contribution in [0, 0.1) is 42.2 Å². The predicted octanol–water partition coefficient (Wildman–Crippen LogP) is 4.86. The summed E-state index contributed by atoms with van der Waals surface area (Å²) in [7, 11) is 0. The molecule has 0 atom stereocenters. The zero-order valence-corrected chi connectivity index (χ0v) is 16.8. The third-order valence-electron chi connectivity index (χ3n) is 4.85. The molecule has 150 valence electrons. The molecule has 1 N–H and O–H groups in total. The minimum Gasteiger partial charge on any atom is -0.321 e. The van der Waals surface area contributed by atoms with Gasteiger partial charge >= 0.3 is 0 Å². The maximum absolute atomic E-state index is 12.6. The number of rotatable bonds is 5. The lowest BCUT2D eigenvalue weighted by Crippen LogP contribution is -2.14. The summed E-state index contributed by atoms with van der Waals surface area (Å²) in [6, 6.07) is 17.4. The molecule has 2 aromatic carbocycles. The topological polar surface area (TPSA) is 101 Å². The number of amides is 1. The summed E-state index contributed by atoms with van der Waals surface area (Å²) in [5.41, 5.74) is 4.74. The largest absolute Gasteiger partial charge is 0.321 e. The Labute approximate surface area is 174 Å². The van der Waals surface area contributed by atoms with Crippen LogP contribution < -0.4 is 5.32 Å². The molecule has 0 aliphatic carbocycles. The number of non-ortho nitro benzene ring substituents is 1. The molecule has 0 saturated heterocycles. The van der Waals surface area contributed by atoms with Gasteiger partial charge in [-0.25, -0.2) is 0 Å². The molecule has 0 aliphatic rings. The first-order valence-corrected chi connectivity index (χ1v) is 9.24. The van der Waals surface area contributed by atoms with Gasteiger partial charge in [0, 0.05) is 34.9 Å². The number of carbonyl (C=O) groups excluding carboxylic acids is 1. The fraction of sp³-hybridized carbons (Fsp3) is 0.130. The van der Waals surface area contributed by atoms with Crippen LogP contribution in [0.15, 0.2) is 60.2 Å². The Balaban J connectivity index is 1.93. The highest BCUT2D eigenvalue weighted by molar-refractivity contribution is 6.10. The highest BCUT2D eigenvalue weighted by Crippen LogP contribution is 2.25. The number of hydrogen-bond acceptors (Lipinski definition) is 4. The van der Waals surface area contributed by atoms with Crippen molar-refractivity contribution in [3.05, 3.63) is 92.8 Å². The van der Waals surface area contributed by atoms with E-state index in [0.717, 1.165) is 28.2 Å². The number of aromatic nitrogens is 1. The van der Waals surface area contributed by atoms with Crippen molar-refractivity contribution in [2.24, 2.45) is 0 Å². The second kappa shape index (κ2) is 8.45. The Bertz CT molecular complexity index is 1200. The fourth-order valence-corrected chi connectivity index (χ4v) is 3.26. The van der Waals surface area contributed by atoms with Gasteiger partial charge < -0.3 is 9.88 Å². The molecule has 0 saturated carbocycles. The second-order valence-corrected chi connectivity index (χ2v) is 6.87. The zero-order chi connectivity index (χ0) is 21.8. The molecular weight excluding hydrogens is 380 g/mol. The van der Waals surface area contributed by atoms with Gasteiger partial charge in [0.2, 0.25) is 0 Å². The van der Waals surface area contributed by atoms with Crippen molar-refractivity contribution in [3.8, 4) is 11.8 Å². The van der Waals surface area contributed by atoms with Gasteiger partial charge in [0.05, 0.1) is 4.92 Å². The molecule has 7 nitrogen and oxygen atoms in total. The Morgan fingerprint density at radius 1 is 1.13 bits per heavy atom. The Kier molecular flexibility index (Phi) is 5.79. The number of anilines is 1. The lowest BCUT2D eigenvalue weighted by Gasteiger charge is -2.09. The van der Waals surface area contributed by atoms with Crippen LogP contribution in [0.2, 0.25) is 0 Å². The van der Waals surface area contributed by atoms with Crippen molar-refractivity contribution in [1.29, 1.82) is 5.26 Å². The first kappa shape index (κ1) is 20.6. The van der Waals surface area contributed by atoms with Gasteiger partial charge in [-0.3, -0.25) is 14.9 Å². The van der Waals surface area contributed by atoms with Gasteiger partial charge in [-0.2, -0.15) is 5.26 Å². The van der Waals surface area contributed by atoms with Gasteiger partial charge in [0.15, 0.2) is 0 Å². The molecule has 1 heterocycles. The van der Waals surface area contributed by atoms with Gasteiger partial charge in [-0.1, -0.05) is 18.2 Å². The molecule has 30 heavy (non-hydrogen) atoms. The van der Waals surface area contributed by atoms with Crippen molar-refractivity contribution in [2.45, 2.75) is 20.8 Å². The van der Waals surface area contributed by atoms with Crippen LogP contribution in [0.1, 0.15) is 22.5 Å². The minimum absolute atomic E-state index is 0.0118. The number of benzene rings is 2. The highest BCUT2D eigenvalue weighted by Gasteiger charge is 2.15. The van der Waals surface area contributed by atoms with Crippen molar-refractivity contribution >= 4 is 23.4 Å². The number of nitrogens with zero attached hydrogens (tertiary/aromatic N) is 3. The maximum atomic E-state index is 12.6. The van der Waals surface area contributed by atoms with Crippen LogP contribution in [0.5, 0.6) is 0 Å². The summed E-state index contributed by atoms with van der Waals surface area (Å²) in [6.45, 7) is 5.64. The van der Waals surface area contributed by atoms with Crippen LogP contribution in [-0.2, 0) is 4.79 Å². The molecule has 3 aromatic rings. The lowest BCUT2D eigenvalue weighted by molar-refractivity contribution is -0.384.